The number of aromatic amines is 1. The Morgan fingerprint density at radius 1 is 1.33 bits per heavy atom. The maximum Gasteiger partial charge on any atom is 0.338 e. The molecule has 3 N–H and O–H groups in total. The van der Waals surface area contributed by atoms with Gasteiger partial charge in [0.25, 0.3) is 5.56 Å². The van der Waals surface area contributed by atoms with Crippen LogP contribution in [0, 0.1) is 25.2 Å². The Bertz CT molecular complexity index is 1180. The molecule has 0 aliphatic carbocycles. The van der Waals surface area contributed by atoms with E-state index in [-0.39, 0.29) is 34.8 Å². The minimum atomic E-state index is -0.959. The lowest BCUT2D eigenvalue weighted by molar-refractivity contribution is -0.139. The number of nitrogens with two attached hydrogens (primary N) is 1. The predicted octanol–water partition coefficient (Wildman–Crippen LogP) is 3.57. The maximum absolute atomic E-state index is 13.1. The SMILES string of the molecule is CCCC1=C(C(=O)OCC)[C@@H](c2cc3ccc(C)c(C)c3[nH]c2=O)C(C#N)=C(N)O1. The van der Waals surface area contributed by atoms with Crippen molar-refractivity contribution in [1.82, 2.24) is 4.98 Å². The Balaban J connectivity index is 2.33. The average molecular weight is 407 g/mol. The molecular weight excluding hydrogens is 382 g/mol. The second-order valence-electron chi connectivity index (χ2n) is 7.26. The summed E-state index contributed by atoms with van der Waals surface area (Å²) in [6, 6.07) is 7.60. The van der Waals surface area contributed by atoms with Crippen molar-refractivity contribution in [2.45, 2.75) is 46.5 Å². The number of nitriles is 1. The summed E-state index contributed by atoms with van der Waals surface area (Å²) in [6.45, 7) is 7.68. The van der Waals surface area contributed by atoms with E-state index in [2.05, 4.69) is 4.98 Å². The molecule has 1 atom stereocenters. The van der Waals surface area contributed by atoms with Crippen molar-refractivity contribution in [3.63, 3.8) is 0 Å². The number of ether oxygens (including phenoxy) is 2. The molecule has 3 rings (SSSR count). The summed E-state index contributed by atoms with van der Waals surface area (Å²) in [6.07, 6.45) is 1.11. The van der Waals surface area contributed by atoms with E-state index >= 15 is 0 Å². The number of nitrogens with zero attached hydrogens (tertiary/aromatic N) is 1. The molecule has 2 aromatic rings. The van der Waals surface area contributed by atoms with Crippen molar-refractivity contribution in [2.24, 2.45) is 5.73 Å². The number of nitrogens with one attached hydrogen (secondary N) is 1. The van der Waals surface area contributed by atoms with Gasteiger partial charge in [-0.25, -0.2) is 4.79 Å². The fourth-order valence-corrected chi connectivity index (χ4v) is 3.73. The first-order chi connectivity index (χ1) is 14.3. The number of rotatable bonds is 5. The Morgan fingerprint density at radius 2 is 2.07 bits per heavy atom. The fraction of sp³-hybridized carbons (Fsp3) is 0.348. The van der Waals surface area contributed by atoms with Gasteiger partial charge in [-0.15, -0.1) is 0 Å². The molecule has 1 aliphatic rings. The molecule has 0 fully saturated rings. The third-order valence-electron chi connectivity index (χ3n) is 5.36. The molecule has 1 aliphatic heterocycles. The minimum Gasteiger partial charge on any atom is -0.463 e. The summed E-state index contributed by atoms with van der Waals surface area (Å²) in [5.74, 6) is -1.35. The molecule has 7 nitrogen and oxygen atoms in total. The molecule has 0 amide bonds. The van der Waals surface area contributed by atoms with Crippen LogP contribution in [0.1, 0.15) is 49.3 Å². The number of benzene rings is 1. The molecule has 30 heavy (non-hydrogen) atoms. The van der Waals surface area contributed by atoms with Gasteiger partial charge < -0.3 is 20.2 Å². The molecule has 0 radical (unpaired) electrons. The largest absolute Gasteiger partial charge is 0.463 e. The van der Waals surface area contributed by atoms with E-state index in [1.165, 1.54) is 0 Å². The van der Waals surface area contributed by atoms with Crippen LogP contribution in [-0.2, 0) is 14.3 Å². The summed E-state index contributed by atoms with van der Waals surface area (Å²) >= 11 is 0. The van der Waals surface area contributed by atoms with Crippen LogP contribution in [0.15, 0.2) is 45.8 Å². The van der Waals surface area contributed by atoms with E-state index in [4.69, 9.17) is 15.2 Å². The Morgan fingerprint density at radius 3 is 2.70 bits per heavy atom. The Labute approximate surface area is 174 Å². The van der Waals surface area contributed by atoms with Gasteiger partial charge in [0.15, 0.2) is 0 Å². The van der Waals surface area contributed by atoms with Gasteiger partial charge >= 0.3 is 5.97 Å². The summed E-state index contributed by atoms with van der Waals surface area (Å²) < 4.78 is 10.9. The molecule has 1 aromatic heterocycles. The predicted molar refractivity (Wildman–Crippen MR) is 113 cm³/mol. The van der Waals surface area contributed by atoms with E-state index in [1.807, 2.05) is 39.0 Å². The number of esters is 1. The summed E-state index contributed by atoms with van der Waals surface area (Å²) in [7, 11) is 0. The minimum absolute atomic E-state index is 0.0200. The van der Waals surface area contributed by atoms with Crippen molar-refractivity contribution in [3.05, 3.63) is 68.0 Å². The van der Waals surface area contributed by atoms with Gasteiger partial charge in [0.2, 0.25) is 5.88 Å². The second-order valence-corrected chi connectivity index (χ2v) is 7.26. The van der Waals surface area contributed by atoms with Crippen molar-refractivity contribution in [3.8, 4) is 6.07 Å². The molecule has 0 unspecified atom stereocenters. The smallest absolute Gasteiger partial charge is 0.338 e. The molecule has 0 spiro atoms. The third kappa shape index (κ3) is 3.57. The van der Waals surface area contributed by atoms with Crippen molar-refractivity contribution < 1.29 is 14.3 Å². The Kier molecular flexibility index (Phi) is 5.97. The highest BCUT2D eigenvalue weighted by Crippen LogP contribution is 2.40. The maximum atomic E-state index is 13.1. The van der Waals surface area contributed by atoms with E-state index in [9.17, 15) is 14.9 Å². The molecule has 156 valence electrons. The quantitative estimate of drug-likeness (QED) is 0.732. The summed E-state index contributed by atoms with van der Waals surface area (Å²) in [4.78, 5) is 28.9. The topological polar surface area (TPSA) is 118 Å². The van der Waals surface area contributed by atoms with E-state index in [1.54, 1.807) is 13.0 Å². The second kappa shape index (κ2) is 8.46. The normalized spacial score (nSPS) is 16.4. The number of carbonyl (C=O) groups excluding carboxylic acids is 1. The zero-order valence-corrected chi connectivity index (χ0v) is 17.6. The zero-order chi connectivity index (χ0) is 22.0. The highest BCUT2D eigenvalue weighted by molar-refractivity contribution is 5.93. The Hall–Kier alpha value is -3.53. The lowest BCUT2D eigenvalue weighted by atomic mass is 9.82. The number of allylic oxidation sites excluding steroid dienone is 2. The van der Waals surface area contributed by atoms with Gasteiger partial charge in [0.05, 0.1) is 23.6 Å². The van der Waals surface area contributed by atoms with Crippen LogP contribution >= 0.6 is 0 Å². The summed E-state index contributed by atoms with van der Waals surface area (Å²) in [5, 5.41) is 10.6. The summed E-state index contributed by atoms with van der Waals surface area (Å²) in [5.41, 5.74) is 8.80. The van der Waals surface area contributed by atoms with Gasteiger partial charge in [-0.3, -0.25) is 4.79 Å². The molecule has 0 saturated carbocycles. The van der Waals surface area contributed by atoms with Crippen LogP contribution < -0.4 is 11.3 Å². The number of carbonyl (C=O) groups is 1. The lowest BCUT2D eigenvalue weighted by Gasteiger charge is -2.27. The monoisotopic (exact) mass is 407 g/mol. The molecule has 0 saturated heterocycles. The van der Waals surface area contributed by atoms with Crippen LogP contribution in [0.5, 0.6) is 0 Å². The standard InChI is InChI=1S/C23H25N3O4/c1-5-7-17-19(23(28)29-6-2)18(16(11-24)21(25)30-17)15-10-14-9-8-12(3)13(4)20(14)26-22(15)27/h8-10,18H,5-7,25H2,1-4H3,(H,26,27)/t18-/m0/s1. The van der Waals surface area contributed by atoms with Crippen molar-refractivity contribution in [2.75, 3.05) is 6.61 Å². The van der Waals surface area contributed by atoms with Crippen LogP contribution in [-0.4, -0.2) is 17.6 Å². The van der Waals surface area contributed by atoms with Gasteiger partial charge in [0.1, 0.15) is 17.4 Å². The number of hydrogen-bond acceptors (Lipinski definition) is 6. The van der Waals surface area contributed by atoms with E-state index in [0.717, 1.165) is 22.0 Å². The first-order valence-corrected chi connectivity index (χ1v) is 9.94. The number of pyridine rings is 1. The lowest BCUT2D eigenvalue weighted by Crippen LogP contribution is -2.29. The van der Waals surface area contributed by atoms with E-state index in [0.29, 0.717) is 18.6 Å². The molecular formula is C23H25N3O4. The van der Waals surface area contributed by atoms with Crippen molar-refractivity contribution >= 4 is 16.9 Å². The number of aromatic nitrogens is 1. The van der Waals surface area contributed by atoms with Gasteiger partial charge in [0, 0.05) is 12.0 Å². The van der Waals surface area contributed by atoms with Crippen LogP contribution in [0.4, 0.5) is 0 Å². The first-order valence-electron chi connectivity index (χ1n) is 9.94. The van der Waals surface area contributed by atoms with Gasteiger partial charge in [-0.2, -0.15) is 5.26 Å². The average Bonchev–Trinajstić information content (AvgIpc) is 2.71. The molecule has 7 heteroatoms. The zero-order valence-electron chi connectivity index (χ0n) is 17.6. The van der Waals surface area contributed by atoms with Crippen molar-refractivity contribution in [1.29, 1.82) is 5.26 Å². The third-order valence-corrected chi connectivity index (χ3v) is 5.36. The number of H-pyrrole nitrogens is 1. The number of fused-ring (bicyclic) bond motifs is 1. The van der Waals surface area contributed by atoms with Gasteiger partial charge in [-0.05, 0) is 49.8 Å². The van der Waals surface area contributed by atoms with Crippen LogP contribution in [0.2, 0.25) is 0 Å². The number of aryl methyl sites for hydroxylation is 2. The highest BCUT2D eigenvalue weighted by Gasteiger charge is 2.38. The van der Waals surface area contributed by atoms with E-state index < -0.39 is 11.9 Å². The fourth-order valence-electron chi connectivity index (χ4n) is 3.73. The number of hydrogen-bond donors (Lipinski definition) is 2. The molecule has 2 heterocycles. The van der Waals surface area contributed by atoms with Gasteiger partial charge in [-0.1, -0.05) is 19.1 Å². The van der Waals surface area contributed by atoms with Crippen LogP contribution in [0.3, 0.4) is 0 Å². The van der Waals surface area contributed by atoms with Crippen LogP contribution in [0.25, 0.3) is 10.9 Å². The first kappa shape index (κ1) is 21.2. The highest BCUT2D eigenvalue weighted by atomic mass is 16.5. The molecule has 0 bridgehead atoms. The molecule has 1 aromatic carbocycles.